The van der Waals surface area contributed by atoms with Gasteiger partial charge in [0.15, 0.2) is 0 Å². The van der Waals surface area contributed by atoms with Crippen LogP contribution in [0.3, 0.4) is 0 Å². The van der Waals surface area contributed by atoms with E-state index in [-0.39, 0.29) is 0 Å². The second kappa shape index (κ2) is 6.32. The zero-order valence-electron chi connectivity index (χ0n) is 8.86. The molecule has 3 N–H and O–H groups in total. The van der Waals surface area contributed by atoms with Crippen LogP contribution in [0.5, 0.6) is 0 Å². The normalized spacial score (nSPS) is 10.7. The molecule has 1 rings (SSSR count). The first-order valence-electron chi connectivity index (χ1n) is 4.95. The van der Waals surface area contributed by atoms with Gasteiger partial charge in [-0.1, -0.05) is 48.6 Å². The Morgan fingerprint density at radius 2 is 2.20 bits per heavy atom. The van der Waals surface area contributed by atoms with Gasteiger partial charge in [0.05, 0.1) is 0 Å². The van der Waals surface area contributed by atoms with Gasteiger partial charge in [0.25, 0.3) is 0 Å². The van der Waals surface area contributed by atoms with Crippen LogP contribution in [-0.4, -0.2) is 18.6 Å². The van der Waals surface area contributed by atoms with Crippen molar-refractivity contribution < 1.29 is 0 Å². The molecule has 15 heavy (non-hydrogen) atoms. The molecule has 0 saturated heterocycles. The third kappa shape index (κ3) is 3.81. The van der Waals surface area contributed by atoms with Crippen molar-refractivity contribution in [3.8, 4) is 0 Å². The van der Waals surface area contributed by atoms with Crippen LogP contribution in [0.25, 0.3) is 6.08 Å². The van der Waals surface area contributed by atoms with Crippen LogP contribution in [0.2, 0.25) is 0 Å². The lowest BCUT2D eigenvalue weighted by molar-refractivity contribution is 0.809. The van der Waals surface area contributed by atoms with E-state index >= 15 is 0 Å². The van der Waals surface area contributed by atoms with E-state index in [0.29, 0.717) is 4.99 Å². The molecule has 0 aromatic heterocycles. The largest absolute Gasteiger partial charge is 0.389 e. The topological polar surface area (TPSA) is 38.0 Å². The number of rotatable bonds is 5. The van der Waals surface area contributed by atoms with Gasteiger partial charge in [-0.2, -0.15) is 0 Å². The van der Waals surface area contributed by atoms with Gasteiger partial charge in [-0.15, -0.1) is 0 Å². The van der Waals surface area contributed by atoms with Crippen LogP contribution in [0.4, 0.5) is 0 Å². The minimum atomic E-state index is 0.448. The molecule has 0 aliphatic heterocycles. The Balaban J connectivity index is 2.75. The Hall–Kier alpha value is -1.19. The summed E-state index contributed by atoms with van der Waals surface area (Å²) < 4.78 is 0. The summed E-state index contributed by atoms with van der Waals surface area (Å²) in [7, 11) is 1.94. The van der Waals surface area contributed by atoms with E-state index in [9.17, 15) is 0 Å². The molecule has 1 aromatic carbocycles. The molecule has 0 atom stereocenters. The number of benzene rings is 1. The summed E-state index contributed by atoms with van der Waals surface area (Å²) >= 11 is 4.98. The van der Waals surface area contributed by atoms with Crippen LogP contribution >= 0.6 is 12.2 Å². The van der Waals surface area contributed by atoms with Crippen LogP contribution < -0.4 is 11.1 Å². The molecule has 0 spiro atoms. The third-order valence-corrected chi connectivity index (χ3v) is 2.30. The lowest BCUT2D eigenvalue weighted by Gasteiger charge is -2.02. The van der Waals surface area contributed by atoms with Gasteiger partial charge in [0, 0.05) is 5.56 Å². The molecule has 0 aliphatic carbocycles. The molecule has 0 unspecified atom stereocenters. The second-order valence-corrected chi connectivity index (χ2v) is 3.69. The molecule has 0 saturated carbocycles. The van der Waals surface area contributed by atoms with Gasteiger partial charge in [-0.25, -0.2) is 0 Å². The van der Waals surface area contributed by atoms with E-state index in [1.165, 1.54) is 0 Å². The molecule has 3 heteroatoms. The van der Waals surface area contributed by atoms with Gasteiger partial charge in [0.2, 0.25) is 0 Å². The van der Waals surface area contributed by atoms with Crippen molar-refractivity contribution in [3.63, 3.8) is 0 Å². The average molecular weight is 220 g/mol. The Morgan fingerprint density at radius 1 is 1.47 bits per heavy atom. The highest BCUT2D eigenvalue weighted by molar-refractivity contribution is 7.80. The summed E-state index contributed by atoms with van der Waals surface area (Å²) in [5.74, 6) is 0. The fraction of sp³-hybridized carbons (Fsp3) is 0.250. The summed E-state index contributed by atoms with van der Waals surface area (Å²) in [6.07, 6.45) is 5.18. The first-order chi connectivity index (χ1) is 7.25. The zero-order valence-corrected chi connectivity index (χ0v) is 9.68. The molecule has 0 fully saturated rings. The van der Waals surface area contributed by atoms with Gasteiger partial charge in [0.1, 0.15) is 4.99 Å². The smallest absolute Gasteiger partial charge is 0.104 e. The van der Waals surface area contributed by atoms with E-state index in [2.05, 4.69) is 17.5 Å². The monoisotopic (exact) mass is 220 g/mol. The first-order valence-corrected chi connectivity index (χ1v) is 5.36. The number of thiocarbonyl (C=S) groups is 1. The van der Waals surface area contributed by atoms with Crippen molar-refractivity contribution in [1.29, 1.82) is 0 Å². The number of nitrogens with one attached hydrogen (secondary N) is 1. The molecule has 80 valence electrons. The van der Waals surface area contributed by atoms with Gasteiger partial charge in [-0.05, 0) is 25.6 Å². The maximum Gasteiger partial charge on any atom is 0.104 e. The fourth-order valence-corrected chi connectivity index (χ4v) is 1.49. The Labute approximate surface area is 96.2 Å². The maximum atomic E-state index is 5.63. The Kier molecular flexibility index (Phi) is 5.01. The van der Waals surface area contributed by atoms with Crippen LogP contribution in [0, 0.1) is 0 Å². The molecule has 1 aromatic rings. The highest BCUT2D eigenvalue weighted by atomic mass is 32.1. The van der Waals surface area contributed by atoms with Gasteiger partial charge in [-0.3, -0.25) is 0 Å². The summed E-state index contributed by atoms with van der Waals surface area (Å²) in [4.78, 5) is 0.448. The molecular weight excluding hydrogens is 204 g/mol. The number of hydrogen-bond donors (Lipinski definition) is 2. The van der Waals surface area contributed by atoms with E-state index in [0.717, 1.165) is 24.1 Å². The van der Waals surface area contributed by atoms with Crippen LogP contribution in [0.15, 0.2) is 30.3 Å². The summed E-state index contributed by atoms with van der Waals surface area (Å²) in [5.41, 5.74) is 7.65. The molecule has 0 amide bonds. The van der Waals surface area contributed by atoms with E-state index in [1.54, 1.807) is 0 Å². The summed E-state index contributed by atoms with van der Waals surface area (Å²) in [6, 6.07) is 7.89. The Bertz CT molecular complexity index is 358. The third-order valence-electron chi connectivity index (χ3n) is 2.08. The van der Waals surface area contributed by atoms with Crippen molar-refractivity contribution in [2.24, 2.45) is 5.73 Å². The van der Waals surface area contributed by atoms with Gasteiger partial charge >= 0.3 is 0 Å². The highest BCUT2D eigenvalue weighted by Crippen LogP contribution is 2.10. The second-order valence-electron chi connectivity index (χ2n) is 3.25. The predicted molar refractivity (Wildman–Crippen MR) is 69.9 cm³/mol. The summed E-state index contributed by atoms with van der Waals surface area (Å²) in [5, 5.41) is 3.09. The summed E-state index contributed by atoms with van der Waals surface area (Å²) in [6.45, 7) is 0.978. The SMILES string of the molecule is CNCCC=Cc1ccccc1C(N)=S. The molecular formula is C12H16N2S. The predicted octanol–water partition coefficient (Wildman–Crippen LogP) is 1.94. The zero-order chi connectivity index (χ0) is 11.1. The van der Waals surface area contributed by atoms with E-state index in [1.807, 2.05) is 31.3 Å². The Morgan fingerprint density at radius 3 is 2.87 bits per heavy atom. The van der Waals surface area contributed by atoms with Crippen LogP contribution in [0.1, 0.15) is 17.5 Å². The van der Waals surface area contributed by atoms with Crippen molar-refractivity contribution in [2.45, 2.75) is 6.42 Å². The maximum absolute atomic E-state index is 5.63. The van der Waals surface area contributed by atoms with E-state index in [4.69, 9.17) is 18.0 Å². The van der Waals surface area contributed by atoms with Crippen molar-refractivity contribution in [3.05, 3.63) is 41.5 Å². The molecule has 0 aliphatic rings. The van der Waals surface area contributed by atoms with Gasteiger partial charge < -0.3 is 11.1 Å². The quantitative estimate of drug-likeness (QED) is 0.588. The van der Waals surface area contributed by atoms with Crippen molar-refractivity contribution in [2.75, 3.05) is 13.6 Å². The van der Waals surface area contributed by atoms with Crippen molar-refractivity contribution >= 4 is 23.3 Å². The van der Waals surface area contributed by atoms with Crippen LogP contribution in [-0.2, 0) is 0 Å². The first kappa shape index (κ1) is 11.9. The number of hydrogen-bond acceptors (Lipinski definition) is 2. The number of nitrogens with two attached hydrogens (primary N) is 1. The molecule has 2 nitrogen and oxygen atoms in total. The fourth-order valence-electron chi connectivity index (χ4n) is 1.30. The minimum absolute atomic E-state index is 0.448. The average Bonchev–Trinajstić information content (AvgIpc) is 2.25. The lowest BCUT2D eigenvalue weighted by atomic mass is 10.1. The van der Waals surface area contributed by atoms with E-state index < -0.39 is 0 Å². The molecule has 0 heterocycles. The lowest BCUT2D eigenvalue weighted by Crippen LogP contribution is -2.10. The molecule has 0 radical (unpaired) electrons. The standard InChI is InChI=1S/C12H16N2S/c1-14-9-5-4-7-10-6-2-3-8-11(10)12(13)15/h2-4,6-8,14H,5,9H2,1H3,(H2,13,15). The highest BCUT2D eigenvalue weighted by Gasteiger charge is 1.99. The van der Waals surface area contributed by atoms with Crippen molar-refractivity contribution in [1.82, 2.24) is 5.32 Å². The molecule has 0 bridgehead atoms. The minimum Gasteiger partial charge on any atom is -0.389 e.